The van der Waals surface area contributed by atoms with Crippen molar-refractivity contribution in [3.05, 3.63) is 27.3 Å². The Labute approximate surface area is 124 Å². The number of furan rings is 1. The molecule has 110 valence electrons. The Morgan fingerprint density at radius 3 is 2.38 bits per heavy atom. The first kappa shape index (κ1) is 13.7. The van der Waals surface area contributed by atoms with Crippen molar-refractivity contribution in [2.75, 3.05) is 0 Å². The molecule has 0 fully saturated rings. The van der Waals surface area contributed by atoms with Crippen LogP contribution in [0.25, 0.3) is 22.1 Å². The summed E-state index contributed by atoms with van der Waals surface area (Å²) in [6, 6.07) is 2.63. The van der Waals surface area contributed by atoms with E-state index in [9.17, 15) is 15.0 Å². The molecule has 3 rings (SSSR count). The summed E-state index contributed by atoms with van der Waals surface area (Å²) in [7, 11) is 0. The van der Waals surface area contributed by atoms with Gasteiger partial charge in [-0.2, -0.15) is 0 Å². The summed E-state index contributed by atoms with van der Waals surface area (Å²) in [5.74, 6) is -0.586. The lowest BCUT2D eigenvalue weighted by molar-refractivity contribution is 0.404. The van der Waals surface area contributed by atoms with Crippen LogP contribution in [-0.4, -0.2) is 19.3 Å². The molecule has 0 aliphatic rings. The molecule has 2 aromatic heterocycles. The van der Waals surface area contributed by atoms with E-state index in [0.717, 1.165) is 0 Å². The molecule has 0 atom stereocenters. The molecule has 1 aromatic carbocycles. The Hall–Kier alpha value is -2.28. The molecular weight excluding hydrogens is 292 g/mol. The van der Waals surface area contributed by atoms with E-state index in [-0.39, 0.29) is 17.1 Å². The average Bonchev–Trinajstić information content (AvgIpc) is 2.78. The van der Waals surface area contributed by atoms with Gasteiger partial charge < -0.3 is 14.6 Å². The zero-order valence-electron chi connectivity index (χ0n) is 11.6. The van der Waals surface area contributed by atoms with Gasteiger partial charge in [-0.3, -0.25) is 13.9 Å². The Morgan fingerprint density at radius 1 is 1.14 bits per heavy atom. The number of rotatable bonds is 2. The molecule has 3 aromatic rings. The van der Waals surface area contributed by atoms with E-state index < -0.39 is 0 Å². The largest absolute Gasteiger partial charge is 0.504 e. The first-order valence-corrected chi connectivity index (χ1v) is 7.02. The molecule has 0 unspecified atom stereocenters. The summed E-state index contributed by atoms with van der Waals surface area (Å²) >= 11 is 5.33. The van der Waals surface area contributed by atoms with Crippen molar-refractivity contribution in [1.82, 2.24) is 9.13 Å². The van der Waals surface area contributed by atoms with Gasteiger partial charge >= 0.3 is 0 Å². The molecule has 6 nitrogen and oxygen atoms in total. The van der Waals surface area contributed by atoms with Crippen LogP contribution in [-0.2, 0) is 13.1 Å². The number of phenolic OH excluding ortho intramolecular Hbond substituents is 2. The number of aromatic nitrogens is 2. The Balaban J connectivity index is 2.66. The normalized spacial score (nSPS) is 11.5. The van der Waals surface area contributed by atoms with Crippen LogP contribution >= 0.6 is 12.2 Å². The van der Waals surface area contributed by atoms with Crippen molar-refractivity contribution >= 4 is 34.3 Å². The van der Waals surface area contributed by atoms with Crippen LogP contribution in [0.3, 0.4) is 0 Å². The van der Waals surface area contributed by atoms with Crippen molar-refractivity contribution in [3.63, 3.8) is 0 Å². The van der Waals surface area contributed by atoms with Gasteiger partial charge in [0.1, 0.15) is 11.0 Å². The van der Waals surface area contributed by atoms with Gasteiger partial charge in [-0.05, 0) is 32.1 Å². The van der Waals surface area contributed by atoms with Crippen LogP contribution < -0.4 is 5.56 Å². The van der Waals surface area contributed by atoms with Crippen LogP contribution in [0.2, 0.25) is 0 Å². The molecule has 0 aliphatic carbocycles. The van der Waals surface area contributed by atoms with Crippen LogP contribution in [0.5, 0.6) is 11.5 Å². The maximum Gasteiger partial charge on any atom is 0.266 e. The zero-order valence-corrected chi connectivity index (χ0v) is 12.4. The van der Waals surface area contributed by atoms with Gasteiger partial charge in [0.15, 0.2) is 16.3 Å². The van der Waals surface area contributed by atoms with Gasteiger partial charge in [-0.1, -0.05) is 0 Å². The number of fused-ring (bicyclic) bond motifs is 3. The lowest BCUT2D eigenvalue weighted by Gasteiger charge is -2.09. The third kappa shape index (κ3) is 1.77. The predicted octanol–water partition coefficient (Wildman–Crippen LogP) is 2.73. The molecule has 0 saturated carbocycles. The molecule has 21 heavy (non-hydrogen) atoms. The molecule has 0 saturated heterocycles. The van der Waals surface area contributed by atoms with E-state index in [0.29, 0.717) is 39.9 Å². The van der Waals surface area contributed by atoms with Gasteiger partial charge in [0.2, 0.25) is 5.71 Å². The van der Waals surface area contributed by atoms with Crippen molar-refractivity contribution in [2.45, 2.75) is 26.9 Å². The molecule has 7 heteroatoms. The number of benzene rings is 1. The number of phenols is 2. The molecule has 0 bridgehead atoms. The molecule has 0 aliphatic heterocycles. The zero-order chi connectivity index (χ0) is 15.3. The minimum absolute atomic E-state index is 0.258. The second kappa shape index (κ2) is 4.63. The smallest absolute Gasteiger partial charge is 0.266 e. The molecule has 0 amide bonds. The monoisotopic (exact) mass is 306 g/mol. The highest BCUT2D eigenvalue weighted by Gasteiger charge is 2.18. The van der Waals surface area contributed by atoms with Crippen molar-refractivity contribution < 1.29 is 14.6 Å². The molecule has 2 heterocycles. The number of aromatic hydroxyl groups is 2. The van der Waals surface area contributed by atoms with Gasteiger partial charge in [0.05, 0.1) is 0 Å². The number of hydrogen-bond acceptors (Lipinski definition) is 5. The summed E-state index contributed by atoms with van der Waals surface area (Å²) in [4.78, 5) is 12.6. The Bertz CT molecular complexity index is 981. The van der Waals surface area contributed by atoms with E-state index in [1.807, 2.05) is 13.8 Å². The van der Waals surface area contributed by atoms with Gasteiger partial charge in [0, 0.05) is 24.5 Å². The predicted molar refractivity (Wildman–Crippen MR) is 81.5 cm³/mol. The van der Waals surface area contributed by atoms with Crippen molar-refractivity contribution in [1.29, 1.82) is 0 Å². The number of aryl methyl sites for hydroxylation is 1. The third-order valence-electron chi connectivity index (χ3n) is 3.57. The van der Waals surface area contributed by atoms with E-state index in [1.54, 1.807) is 4.57 Å². The minimum atomic E-state index is -0.293. The summed E-state index contributed by atoms with van der Waals surface area (Å²) in [6.45, 7) is 4.74. The second-order valence-electron chi connectivity index (χ2n) is 4.70. The summed E-state index contributed by atoms with van der Waals surface area (Å²) in [6.07, 6.45) is 0. The van der Waals surface area contributed by atoms with Crippen LogP contribution in [0.4, 0.5) is 0 Å². The van der Waals surface area contributed by atoms with Crippen LogP contribution in [0.1, 0.15) is 13.8 Å². The van der Waals surface area contributed by atoms with E-state index in [1.165, 1.54) is 16.7 Å². The fourth-order valence-corrected chi connectivity index (χ4v) is 2.94. The number of nitrogens with zero attached hydrogens (tertiary/aromatic N) is 2. The average molecular weight is 306 g/mol. The van der Waals surface area contributed by atoms with E-state index in [2.05, 4.69) is 0 Å². The van der Waals surface area contributed by atoms with E-state index >= 15 is 0 Å². The maximum atomic E-state index is 12.6. The fourth-order valence-electron chi connectivity index (χ4n) is 2.52. The number of hydrogen-bond donors (Lipinski definition) is 2. The Kier molecular flexibility index (Phi) is 3.02. The molecule has 0 spiro atoms. The maximum absolute atomic E-state index is 12.6. The fraction of sp³-hybridized carbons (Fsp3) is 0.286. The van der Waals surface area contributed by atoms with Crippen molar-refractivity contribution in [3.8, 4) is 11.5 Å². The standard InChI is InChI=1S/C14H14N2O4S/c1-3-15-12(19)11-7-5-8(17)9(18)6-10(7)20-13(11)16(4-2)14(15)21/h5-6,17-18H,3-4H2,1-2H3. The SMILES string of the molecule is CCn1c(=O)c2c3cc(O)c(O)cc3oc2n(CC)c1=S. The first-order valence-electron chi connectivity index (χ1n) is 6.61. The van der Waals surface area contributed by atoms with Gasteiger partial charge in [0.25, 0.3) is 5.56 Å². The highest BCUT2D eigenvalue weighted by molar-refractivity contribution is 7.71. The topological polar surface area (TPSA) is 80.5 Å². The summed E-state index contributed by atoms with van der Waals surface area (Å²) in [5, 5.41) is 20.1. The first-order chi connectivity index (χ1) is 9.99. The summed E-state index contributed by atoms with van der Waals surface area (Å²) < 4.78 is 9.29. The van der Waals surface area contributed by atoms with Crippen molar-refractivity contribution in [2.24, 2.45) is 0 Å². The third-order valence-corrected chi connectivity index (χ3v) is 4.01. The molecule has 0 radical (unpaired) electrons. The molecule has 2 N–H and O–H groups in total. The lowest BCUT2D eigenvalue weighted by atomic mass is 10.2. The highest BCUT2D eigenvalue weighted by Crippen LogP contribution is 2.35. The quantitative estimate of drug-likeness (QED) is 0.562. The van der Waals surface area contributed by atoms with Crippen LogP contribution in [0, 0.1) is 4.77 Å². The van der Waals surface area contributed by atoms with E-state index in [4.69, 9.17) is 16.6 Å². The van der Waals surface area contributed by atoms with Gasteiger partial charge in [-0.25, -0.2) is 0 Å². The minimum Gasteiger partial charge on any atom is -0.504 e. The lowest BCUT2D eigenvalue weighted by Crippen LogP contribution is -2.24. The second-order valence-corrected chi connectivity index (χ2v) is 5.06. The van der Waals surface area contributed by atoms with Crippen LogP contribution in [0.15, 0.2) is 21.3 Å². The molecular formula is C14H14N2O4S. The van der Waals surface area contributed by atoms with Gasteiger partial charge in [-0.15, -0.1) is 0 Å². The Morgan fingerprint density at radius 2 is 1.76 bits per heavy atom. The summed E-state index contributed by atoms with van der Waals surface area (Å²) in [5.41, 5.74) is 0.436. The highest BCUT2D eigenvalue weighted by atomic mass is 32.1.